The van der Waals surface area contributed by atoms with Crippen molar-refractivity contribution in [2.75, 3.05) is 26.2 Å². The van der Waals surface area contributed by atoms with Crippen molar-refractivity contribution in [2.24, 2.45) is 0 Å². The van der Waals surface area contributed by atoms with Crippen molar-refractivity contribution in [3.8, 4) is 0 Å². The third-order valence-corrected chi connectivity index (χ3v) is 2.78. The van der Waals surface area contributed by atoms with Crippen LogP contribution in [-0.4, -0.2) is 41.9 Å². The second-order valence-electron chi connectivity index (χ2n) is 3.69. The Hall–Kier alpha value is -0.730. The lowest BCUT2D eigenvalue weighted by atomic mass is 10.4. The van der Waals surface area contributed by atoms with Crippen molar-refractivity contribution < 1.29 is 0 Å². The molecule has 0 saturated carbocycles. The smallest absolute Gasteiger partial charge is 0.0107 e. The van der Waals surface area contributed by atoms with Gasteiger partial charge in [-0.2, -0.15) is 0 Å². The number of hydrogen-bond acceptors (Lipinski definition) is 0. The van der Waals surface area contributed by atoms with Crippen LogP contribution in [-0.2, 0) is 0 Å². The van der Waals surface area contributed by atoms with Crippen molar-refractivity contribution in [3.05, 3.63) is 5.41 Å². The van der Waals surface area contributed by atoms with E-state index >= 15 is 0 Å². The van der Waals surface area contributed by atoms with Crippen LogP contribution >= 0.6 is 0 Å². The predicted octanol–water partition coefficient (Wildman–Crippen LogP) is 1.10. The third-order valence-electron chi connectivity index (χ3n) is 2.78. The summed E-state index contributed by atoms with van der Waals surface area (Å²) in [5, 5.41) is 9.82. The van der Waals surface area contributed by atoms with Gasteiger partial charge < -0.3 is 15.2 Å². The molecule has 3 heteroatoms. The van der Waals surface area contributed by atoms with E-state index in [1.165, 1.54) is 25.7 Å². The Morgan fingerprint density at radius 1 is 0.750 bits per heavy atom. The molecule has 12 heavy (non-hydrogen) atoms. The fourth-order valence-corrected chi connectivity index (χ4v) is 2.03. The van der Waals surface area contributed by atoms with Crippen molar-refractivity contribution in [3.63, 3.8) is 0 Å². The summed E-state index contributed by atoms with van der Waals surface area (Å²) in [4.78, 5) is 4.20. The van der Waals surface area contributed by atoms with E-state index in [0.717, 1.165) is 26.2 Å². The van der Waals surface area contributed by atoms with Gasteiger partial charge in [0.15, 0.2) is 0 Å². The average molecular weight is 166 g/mol. The number of likely N-dealkylation sites (tertiary alicyclic amines) is 2. The van der Waals surface area contributed by atoms with Crippen LogP contribution in [0, 0.1) is 0 Å². The molecule has 0 bridgehead atoms. The molecule has 2 saturated heterocycles. The molecule has 0 aliphatic carbocycles. The van der Waals surface area contributed by atoms with Gasteiger partial charge in [0.2, 0.25) is 0 Å². The molecule has 0 atom stereocenters. The molecule has 0 amide bonds. The van der Waals surface area contributed by atoms with Crippen molar-refractivity contribution in [2.45, 2.75) is 25.7 Å². The SMILES string of the molecule is [N-]=C(N1CCCC1)N1CCCC1. The first-order valence-electron chi connectivity index (χ1n) is 4.94. The minimum atomic E-state index is 0.532. The summed E-state index contributed by atoms with van der Waals surface area (Å²) >= 11 is 0. The van der Waals surface area contributed by atoms with Crippen molar-refractivity contribution in [1.82, 2.24) is 9.80 Å². The largest absolute Gasteiger partial charge is 0.426 e. The Bertz CT molecular complexity index is 149. The van der Waals surface area contributed by atoms with E-state index in [4.69, 9.17) is 0 Å². The molecule has 2 aliphatic heterocycles. The van der Waals surface area contributed by atoms with Gasteiger partial charge in [0.1, 0.15) is 0 Å². The Labute approximate surface area is 73.9 Å². The summed E-state index contributed by atoms with van der Waals surface area (Å²) < 4.78 is 0. The van der Waals surface area contributed by atoms with Crippen LogP contribution in [0.5, 0.6) is 0 Å². The number of guanidine groups is 1. The van der Waals surface area contributed by atoms with E-state index < -0.39 is 0 Å². The maximum atomic E-state index is 9.82. The van der Waals surface area contributed by atoms with Gasteiger partial charge in [-0.1, -0.05) is 0 Å². The Kier molecular flexibility index (Phi) is 2.19. The van der Waals surface area contributed by atoms with Gasteiger partial charge in [-0.05, 0) is 51.9 Å². The molecule has 0 aromatic heterocycles. The highest BCUT2D eigenvalue weighted by Gasteiger charge is 2.14. The maximum absolute atomic E-state index is 9.82. The van der Waals surface area contributed by atoms with Crippen molar-refractivity contribution >= 4 is 5.96 Å². The molecule has 2 heterocycles. The van der Waals surface area contributed by atoms with Gasteiger partial charge in [0.05, 0.1) is 0 Å². The fraction of sp³-hybridized carbons (Fsp3) is 0.889. The zero-order valence-electron chi connectivity index (χ0n) is 7.50. The lowest BCUT2D eigenvalue weighted by Crippen LogP contribution is -2.40. The molecule has 0 aromatic carbocycles. The molecule has 0 unspecified atom stereocenters. The fourth-order valence-electron chi connectivity index (χ4n) is 2.03. The minimum Gasteiger partial charge on any atom is -0.426 e. The molecular formula is C9H16N3-. The summed E-state index contributed by atoms with van der Waals surface area (Å²) in [5.74, 6) is 0.532. The van der Waals surface area contributed by atoms with E-state index in [2.05, 4.69) is 9.80 Å². The monoisotopic (exact) mass is 166 g/mol. The molecule has 2 fully saturated rings. The van der Waals surface area contributed by atoms with Crippen LogP contribution in [0.1, 0.15) is 25.7 Å². The highest BCUT2D eigenvalue weighted by atomic mass is 15.4. The molecule has 2 aliphatic rings. The second-order valence-corrected chi connectivity index (χ2v) is 3.69. The summed E-state index contributed by atoms with van der Waals surface area (Å²) in [7, 11) is 0. The molecule has 0 spiro atoms. The maximum Gasteiger partial charge on any atom is 0.0107 e. The molecule has 0 N–H and O–H groups in total. The van der Waals surface area contributed by atoms with E-state index in [0.29, 0.717) is 5.96 Å². The average Bonchev–Trinajstić information content (AvgIpc) is 2.77. The van der Waals surface area contributed by atoms with Crippen LogP contribution in [0.15, 0.2) is 0 Å². The first kappa shape index (κ1) is 7.90. The standard InChI is InChI=1S/C9H16N3/c10-9(11-5-1-2-6-11)12-7-3-4-8-12/h1-8H2/q-1. The van der Waals surface area contributed by atoms with Gasteiger partial charge in [0, 0.05) is 5.96 Å². The summed E-state index contributed by atoms with van der Waals surface area (Å²) in [6.45, 7) is 4.18. The van der Waals surface area contributed by atoms with Crippen LogP contribution in [0.4, 0.5) is 0 Å². The van der Waals surface area contributed by atoms with E-state index in [1.54, 1.807) is 0 Å². The quantitative estimate of drug-likeness (QED) is 0.398. The van der Waals surface area contributed by atoms with Gasteiger partial charge in [-0.15, -0.1) is 0 Å². The molecule has 2 rings (SSSR count). The molecule has 3 nitrogen and oxygen atoms in total. The van der Waals surface area contributed by atoms with Gasteiger partial charge in [0.25, 0.3) is 0 Å². The van der Waals surface area contributed by atoms with E-state index in [9.17, 15) is 5.41 Å². The topological polar surface area (TPSA) is 28.8 Å². The normalized spacial score (nSPS) is 23.7. The highest BCUT2D eigenvalue weighted by molar-refractivity contribution is 5.83. The Morgan fingerprint density at radius 3 is 1.42 bits per heavy atom. The molecular weight excluding hydrogens is 150 g/mol. The molecule has 0 aromatic rings. The lowest BCUT2D eigenvalue weighted by molar-refractivity contribution is 0.403. The van der Waals surface area contributed by atoms with Gasteiger partial charge in [-0.25, -0.2) is 0 Å². The Balaban J connectivity index is 1.89. The van der Waals surface area contributed by atoms with Crippen LogP contribution in [0.3, 0.4) is 0 Å². The minimum absolute atomic E-state index is 0.532. The third kappa shape index (κ3) is 1.40. The highest BCUT2D eigenvalue weighted by Crippen LogP contribution is 2.14. The van der Waals surface area contributed by atoms with Crippen LogP contribution in [0.2, 0.25) is 0 Å². The van der Waals surface area contributed by atoms with Gasteiger partial charge in [-0.3, -0.25) is 0 Å². The van der Waals surface area contributed by atoms with Gasteiger partial charge >= 0.3 is 0 Å². The van der Waals surface area contributed by atoms with Crippen LogP contribution < -0.4 is 0 Å². The zero-order valence-corrected chi connectivity index (χ0v) is 7.50. The first-order valence-corrected chi connectivity index (χ1v) is 4.94. The zero-order chi connectivity index (χ0) is 8.39. The summed E-state index contributed by atoms with van der Waals surface area (Å²) in [6.07, 6.45) is 4.94. The summed E-state index contributed by atoms with van der Waals surface area (Å²) in [6, 6.07) is 0. The number of hydrogen-bond donors (Lipinski definition) is 0. The number of nitrogens with zero attached hydrogens (tertiary/aromatic N) is 3. The number of rotatable bonds is 0. The Morgan fingerprint density at radius 2 is 1.08 bits per heavy atom. The van der Waals surface area contributed by atoms with E-state index in [1.807, 2.05) is 0 Å². The lowest BCUT2D eigenvalue weighted by Gasteiger charge is -2.36. The van der Waals surface area contributed by atoms with Crippen LogP contribution in [0.25, 0.3) is 5.41 Å². The van der Waals surface area contributed by atoms with Crippen molar-refractivity contribution in [1.29, 1.82) is 0 Å². The molecule has 0 radical (unpaired) electrons. The predicted molar refractivity (Wildman–Crippen MR) is 50.0 cm³/mol. The first-order chi connectivity index (χ1) is 5.88. The summed E-state index contributed by atoms with van der Waals surface area (Å²) in [5.41, 5.74) is 0. The molecule has 68 valence electrons. The second kappa shape index (κ2) is 3.33. The van der Waals surface area contributed by atoms with E-state index in [-0.39, 0.29) is 0 Å².